The van der Waals surface area contributed by atoms with Crippen LogP contribution in [0.25, 0.3) is 0 Å². The van der Waals surface area contributed by atoms with Crippen molar-refractivity contribution in [1.82, 2.24) is 5.32 Å². The molecule has 1 atom stereocenters. The van der Waals surface area contributed by atoms with Crippen molar-refractivity contribution in [2.45, 2.75) is 26.3 Å². The van der Waals surface area contributed by atoms with Gasteiger partial charge in [0.1, 0.15) is 6.04 Å². The minimum atomic E-state index is -1.07. The Kier molecular flexibility index (Phi) is 4.94. The van der Waals surface area contributed by atoms with E-state index in [1.807, 2.05) is 31.2 Å². The van der Waals surface area contributed by atoms with Crippen molar-refractivity contribution in [2.24, 2.45) is 0 Å². The summed E-state index contributed by atoms with van der Waals surface area (Å²) in [5, 5.41) is 11.4. The average molecular weight is 245 g/mol. The summed E-state index contributed by atoms with van der Waals surface area (Å²) in [6, 6.07) is 6.55. The Hall–Kier alpha value is -2.28. The quantitative estimate of drug-likeness (QED) is 0.781. The molecule has 0 unspecified atom stereocenters. The lowest BCUT2D eigenvalue weighted by atomic mass is 10.0. The van der Waals surface area contributed by atoms with E-state index in [9.17, 15) is 9.59 Å². The van der Waals surface area contributed by atoms with Crippen LogP contribution in [0.4, 0.5) is 0 Å². The van der Waals surface area contributed by atoms with Gasteiger partial charge in [0.2, 0.25) is 0 Å². The van der Waals surface area contributed by atoms with Crippen LogP contribution in [0.15, 0.2) is 24.3 Å². The number of aliphatic carboxylic acids is 1. The molecule has 2 N–H and O–H groups in total. The number of hydrogen-bond donors (Lipinski definition) is 2. The van der Waals surface area contributed by atoms with Crippen LogP contribution in [-0.2, 0) is 16.0 Å². The van der Waals surface area contributed by atoms with E-state index in [0.29, 0.717) is 0 Å². The van der Waals surface area contributed by atoms with Crippen LogP contribution in [0.5, 0.6) is 0 Å². The normalized spacial score (nSPS) is 11.0. The summed E-state index contributed by atoms with van der Waals surface area (Å²) in [6.07, 6.45) is 0.243. The van der Waals surface area contributed by atoms with E-state index in [-0.39, 0.29) is 6.42 Å². The number of hydrogen-bond acceptors (Lipinski definition) is 2. The van der Waals surface area contributed by atoms with Crippen LogP contribution in [0.3, 0.4) is 0 Å². The van der Waals surface area contributed by atoms with Crippen molar-refractivity contribution in [3.05, 3.63) is 35.4 Å². The number of benzene rings is 1. The predicted octanol–water partition coefficient (Wildman–Crippen LogP) is 1.13. The first-order chi connectivity index (χ1) is 8.52. The first kappa shape index (κ1) is 13.8. The van der Waals surface area contributed by atoms with Gasteiger partial charge in [-0.25, -0.2) is 4.79 Å². The summed E-state index contributed by atoms with van der Waals surface area (Å²) in [4.78, 5) is 22.3. The summed E-state index contributed by atoms with van der Waals surface area (Å²) < 4.78 is 0. The molecule has 0 fully saturated rings. The lowest BCUT2D eigenvalue weighted by molar-refractivity contribution is -0.141. The van der Waals surface area contributed by atoms with E-state index in [2.05, 4.69) is 17.2 Å². The summed E-state index contributed by atoms with van der Waals surface area (Å²) in [6.45, 7) is 3.48. The van der Waals surface area contributed by atoms with Crippen LogP contribution >= 0.6 is 0 Å². The molecule has 0 aliphatic heterocycles. The molecule has 94 valence electrons. The number of nitrogens with one attached hydrogen (secondary N) is 1. The lowest BCUT2D eigenvalue weighted by Crippen LogP contribution is -2.41. The minimum Gasteiger partial charge on any atom is -0.480 e. The van der Waals surface area contributed by atoms with E-state index >= 15 is 0 Å². The highest BCUT2D eigenvalue weighted by molar-refractivity contribution is 5.96. The van der Waals surface area contributed by atoms with Gasteiger partial charge in [-0.2, -0.15) is 0 Å². The molecule has 0 heterocycles. The van der Waals surface area contributed by atoms with E-state index in [4.69, 9.17) is 5.11 Å². The SMILES string of the molecule is CC#CC(=O)N[C@@H](Cc1ccc(C)cc1)C(=O)O. The molecule has 0 spiro atoms. The van der Waals surface area contributed by atoms with Gasteiger partial charge in [-0.1, -0.05) is 35.7 Å². The highest BCUT2D eigenvalue weighted by Gasteiger charge is 2.19. The fraction of sp³-hybridized carbons (Fsp3) is 0.286. The number of carboxylic acids is 1. The van der Waals surface area contributed by atoms with E-state index in [1.165, 1.54) is 6.92 Å². The van der Waals surface area contributed by atoms with Gasteiger partial charge in [-0.15, -0.1) is 0 Å². The summed E-state index contributed by atoms with van der Waals surface area (Å²) >= 11 is 0. The van der Waals surface area contributed by atoms with Gasteiger partial charge in [0, 0.05) is 6.42 Å². The Morgan fingerprint density at radius 3 is 2.44 bits per heavy atom. The fourth-order valence-electron chi connectivity index (χ4n) is 1.47. The second-order valence-corrected chi connectivity index (χ2v) is 3.93. The first-order valence-corrected chi connectivity index (χ1v) is 5.54. The number of aryl methyl sites for hydroxylation is 1. The molecule has 0 bridgehead atoms. The van der Waals surface area contributed by atoms with Crippen LogP contribution in [-0.4, -0.2) is 23.0 Å². The van der Waals surface area contributed by atoms with Crippen molar-refractivity contribution in [3.8, 4) is 11.8 Å². The maximum atomic E-state index is 11.3. The zero-order chi connectivity index (χ0) is 13.5. The molecule has 1 amide bonds. The second kappa shape index (κ2) is 6.45. The van der Waals surface area contributed by atoms with Crippen molar-refractivity contribution in [1.29, 1.82) is 0 Å². The summed E-state index contributed by atoms with van der Waals surface area (Å²) in [5.41, 5.74) is 1.96. The topological polar surface area (TPSA) is 66.4 Å². The third-order valence-corrected chi connectivity index (χ3v) is 2.40. The molecule has 0 aliphatic rings. The largest absolute Gasteiger partial charge is 0.480 e. The van der Waals surface area contributed by atoms with Gasteiger partial charge >= 0.3 is 5.97 Å². The van der Waals surface area contributed by atoms with Gasteiger partial charge < -0.3 is 10.4 Å². The van der Waals surface area contributed by atoms with E-state index in [0.717, 1.165) is 11.1 Å². The van der Waals surface area contributed by atoms with E-state index in [1.54, 1.807) is 0 Å². The maximum Gasteiger partial charge on any atom is 0.326 e. The van der Waals surface area contributed by atoms with Gasteiger partial charge in [0.25, 0.3) is 5.91 Å². The molecule has 18 heavy (non-hydrogen) atoms. The highest BCUT2D eigenvalue weighted by atomic mass is 16.4. The number of carbonyl (C=O) groups is 2. The van der Waals surface area contributed by atoms with Crippen molar-refractivity contribution >= 4 is 11.9 Å². The Morgan fingerprint density at radius 2 is 1.94 bits per heavy atom. The lowest BCUT2D eigenvalue weighted by Gasteiger charge is -2.12. The standard InChI is InChI=1S/C14H15NO3/c1-3-4-13(16)15-12(14(17)18)9-11-7-5-10(2)6-8-11/h5-8,12H,9H2,1-2H3,(H,15,16)(H,17,18)/t12-/m0/s1. The fourth-order valence-corrected chi connectivity index (χ4v) is 1.47. The summed E-state index contributed by atoms with van der Waals surface area (Å²) in [5.74, 6) is 3.05. The molecule has 0 radical (unpaired) electrons. The number of rotatable bonds is 4. The Labute approximate surface area is 106 Å². The minimum absolute atomic E-state index is 0.243. The van der Waals surface area contributed by atoms with Crippen molar-refractivity contribution in [3.63, 3.8) is 0 Å². The van der Waals surface area contributed by atoms with Gasteiger partial charge in [-0.3, -0.25) is 4.79 Å². The summed E-state index contributed by atoms with van der Waals surface area (Å²) in [7, 11) is 0. The van der Waals surface area contributed by atoms with Crippen LogP contribution in [0.2, 0.25) is 0 Å². The molecule has 4 nitrogen and oxygen atoms in total. The Bertz CT molecular complexity index is 494. The molecule has 0 saturated heterocycles. The monoisotopic (exact) mass is 245 g/mol. The van der Waals surface area contributed by atoms with Crippen LogP contribution in [0.1, 0.15) is 18.1 Å². The maximum absolute atomic E-state index is 11.3. The third-order valence-electron chi connectivity index (χ3n) is 2.40. The first-order valence-electron chi connectivity index (χ1n) is 5.54. The third kappa shape index (κ3) is 4.30. The number of carbonyl (C=O) groups excluding carboxylic acids is 1. The molecule has 0 aromatic heterocycles. The van der Waals surface area contributed by atoms with Crippen molar-refractivity contribution in [2.75, 3.05) is 0 Å². The van der Waals surface area contributed by atoms with Crippen LogP contribution in [0, 0.1) is 18.8 Å². The predicted molar refractivity (Wildman–Crippen MR) is 67.9 cm³/mol. The average Bonchev–Trinajstić information content (AvgIpc) is 2.31. The van der Waals surface area contributed by atoms with E-state index < -0.39 is 17.9 Å². The molecule has 4 heteroatoms. The zero-order valence-electron chi connectivity index (χ0n) is 10.4. The molecule has 1 aromatic carbocycles. The smallest absolute Gasteiger partial charge is 0.326 e. The molecule has 1 aromatic rings. The van der Waals surface area contributed by atoms with Crippen molar-refractivity contribution < 1.29 is 14.7 Å². The number of amides is 1. The highest BCUT2D eigenvalue weighted by Crippen LogP contribution is 2.06. The molecule has 0 aliphatic carbocycles. The Morgan fingerprint density at radius 1 is 1.33 bits per heavy atom. The van der Waals surface area contributed by atoms with Crippen LogP contribution < -0.4 is 5.32 Å². The van der Waals surface area contributed by atoms with Gasteiger partial charge in [0.05, 0.1) is 0 Å². The molecule has 1 rings (SSSR count). The number of carboxylic acid groups (broad SMARTS) is 1. The molecular weight excluding hydrogens is 230 g/mol. The second-order valence-electron chi connectivity index (χ2n) is 3.93. The van der Waals surface area contributed by atoms with Gasteiger partial charge in [0.15, 0.2) is 0 Å². The zero-order valence-corrected chi connectivity index (χ0v) is 10.4. The molecular formula is C14H15NO3. The molecule has 0 saturated carbocycles. The van der Waals surface area contributed by atoms with Gasteiger partial charge in [-0.05, 0) is 25.3 Å². The Balaban J connectivity index is 2.73.